The van der Waals surface area contributed by atoms with Crippen molar-refractivity contribution in [1.82, 2.24) is 15.0 Å². The normalized spacial score (nSPS) is 11.0. The lowest BCUT2D eigenvalue weighted by atomic mass is 10.1. The molecule has 3 aromatic rings. The fraction of sp³-hybridized carbons (Fsp3) is 0.200. The van der Waals surface area contributed by atoms with Crippen molar-refractivity contribution in [1.29, 1.82) is 0 Å². The molecule has 0 aliphatic rings. The van der Waals surface area contributed by atoms with Crippen LogP contribution in [0.2, 0.25) is 0 Å². The van der Waals surface area contributed by atoms with E-state index in [9.17, 15) is 9.18 Å². The summed E-state index contributed by atoms with van der Waals surface area (Å²) in [5.74, 6) is -0.218. The monoisotopic (exact) mass is 301 g/mol. The Kier molecular flexibility index (Phi) is 3.70. The van der Waals surface area contributed by atoms with Crippen LogP contribution in [0.4, 0.5) is 4.39 Å². The maximum atomic E-state index is 13.2. The maximum absolute atomic E-state index is 13.2. The Morgan fingerprint density at radius 1 is 1.29 bits per heavy atom. The minimum absolute atomic E-state index is 0.176. The molecule has 0 radical (unpaired) electrons. The van der Waals surface area contributed by atoms with E-state index in [1.54, 1.807) is 12.4 Å². The van der Waals surface area contributed by atoms with Crippen LogP contribution in [0.5, 0.6) is 0 Å². The molecule has 106 valence electrons. The van der Waals surface area contributed by atoms with Gasteiger partial charge < -0.3 is 0 Å². The number of thiazole rings is 1. The van der Waals surface area contributed by atoms with Crippen LogP contribution in [0.3, 0.4) is 0 Å². The lowest BCUT2D eigenvalue weighted by molar-refractivity contribution is -0.118. The summed E-state index contributed by atoms with van der Waals surface area (Å²) >= 11 is 1.42. The van der Waals surface area contributed by atoms with Gasteiger partial charge in [0.25, 0.3) is 0 Å². The van der Waals surface area contributed by atoms with Gasteiger partial charge >= 0.3 is 0 Å². The van der Waals surface area contributed by atoms with E-state index in [2.05, 4.69) is 15.0 Å². The van der Waals surface area contributed by atoms with Gasteiger partial charge in [0, 0.05) is 30.8 Å². The van der Waals surface area contributed by atoms with E-state index in [0.29, 0.717) is 29.1 Å². The van der Waals surface area contributed by atoms with Crippen molar-refractivity contribution in [2.45, 2.75) is 19.8 Å². The number of hydrogen-bond donors (Lipinski definition) is 0. The van der Waals surface area contributed by atoms with Crippen molar-refractivity contribution in [3.05, 3.63) is 42.1 Å². The van der Waals surface area contributed by atoms with E-state index in [1.807, 2.05) is 13.0 Å². The number of halogens is 1. The second-order valence-corrected chi connectivity index (χ2v) is 5.68. The van der Waals surface area contributed by atoms with Crippen LogP contribution in [-0.4, -0.2) is 20.7 Å². The van der Waals surface area contributed by atoms with Crippen LogP contribution in [0, 0.1) is 5.82 Å². The van der Waals surface area contributed by atoms with Crippen LogP contribution in [0.25, 0.3) is 20.9 Å². The predicted octanol–water partition coefficient (Wildman–Crippen LogP) is 3.41. The fourth-order valence-electron chi connectivity index (χ4n) is 1.96. The molecule has 0 unspecified atom stereocenters. The van der Waals surface area contributed by atoms with Crippen LogP contribution >= 0.6 is 11.3 Å². The third-order valence-corrected chi connectivity index (χ3v) is 4.09. The number of carbonyl (C=O) groups excluding carboxylic acids is 1. The average Bonchev–Trinajstić information content (AvgIpc) is 2.90. The van der Waals surface area contributed by atoms with Gasteiger partial charge in [-0.25, -0.2) is 14.4 Å². The highest BCUT2D eigenvalue weighted by Crippen LogP contribution is 2.29. The van der Waals surface area contributed by atoms with Crippen molar-refractivity contribution >= 4 is 27.5 Å². The number of Topliss-reactive ketones (excluding diaryl/α,β-unsaturated/α-hetero) is 1. The van der Waals surface area contributed by atoms with Crippen molar-refractivity contribution in [3.63, 3.8) is 0 Å². The van der Waals surface area contributed by atoms with E-state index in [1.165, 1.54) is 17.4 Å². The Morgan fingerprint density at radius 2 is 2.14 bits per heavy atom. The third-order valence-electron chi connectivity index (χ3n) is 3.05. The number of fused-ring (bicyclic) bond motifs is 1. The lowest BCUT2D eigenvalue weighted by Crippen LogP contribution is -2.00. The first-order valence-electron chi connectivity index (χ1n) is 6.54. The fourth-order valence-corrected chi connectivity index (χ4v) is 2.93. The van der Waals surface area contributed by atoms with Gasteiger partial charge in [0.15, 0.2) is 5.65 Å². The third kappa shape index (κ3) is 2.95. The van der Waals surface area contributed by atoms with Crippen molar-refractivity contribution in [3.8, 4) is 10.6 Å². The molecule has 3 rings (SSSR count). The molecule has 0 spiro atoms. The first-order valence-corrected chi connectivity index (χ1v) is 7.35. The second-order valence-electron chi connectivity index (χ2n) is 4.65. The minimum Gasteiger partial charge on any atom is -0.299 e. The molecule has 0 saturated carbocycles. The molecule has 0 fully saturated rings. The molecule has 6 heteroatoms. The molecular weight excluding hydrogens is 289 g/mol. The predicted molar refractivity (Wildman–Crippen MR) is 79.6 cm³/mol. The Morgan fingerprint density at radius 3 is 2.90 bits per heavy atom. The number of hydrogen-bond acceptors (Lipinski definition) is 5. The van der Waals surface area contributed by atoms with Gasteiger partial charge in [0.2, 0.25) is 0 Å². The van der Waals surface area contributed by atoms with Crippen LogP contribution in [-0.2, 0) is 11.2 Å². The quantitative estimate of drug-likeness (QED) is 0.741. The van der Waals surface area contributed by atoms with E-state index in [0.717, 1.165) is 16.5 Å². The molecule has 0 aliphatic carbocycles. The zero-order valence-electron chi connectivity index (χ0n) is 11.3. The summed E-state index contributed by atoms with van der Waals surface area (Å²) in [5, 5.41) is 0.670. The van der Waals surface area contributed by atoms with Gasteiger partial charge in [-0.2, -0.15) is 0 Å². The summed E-state index contributed by atoms with van der Waals surface area (Å²) in [7, 11) is 0. The van der Waals surface area contributed by atoms with E-state index in [-0.39, 0.29) is 5.78 Å². The molecule has 0 bridgehead atoms. The van der Waals surface area contributed by atoms with Gasteiger partial charge in [0.1, 0.15) is 16.6 Å². The summed E-state index contributed by atoms with van der Waals surface area (Å²) in [6, 6.07) is 3.32. The highest BCUT2D eigenvalue weighted by Gasteiger charge is 2.10. The summed E-state index contributed by atoms with van der Waals surface area (Å²) in [6.07, 6.45) is 5.30. The molecule has 3 heterocycles. The van der Waals surface area contributed by atoms with Gasteiger partial charge in [-0.3, -0.25) is 9.78 Å². The largest absolute Gasteiger partial charge is 0.299 e. The van der Waals surface area contributed by atoms with E-state index in [4.69, 9.17) is 0 Å². The van der Waals surface area contributed by atoms with E-state index >= 15 is 0 Å². The molecule has 3 aromatic heterocycles. The van der Waals surface area contributed by atoms with Crippen molar-refractivity contribution in [2.24, 2.45) is 0 Å². The lowest BCUT2D eigenvalue weighted by Gasteiger charge is -1.97. The molecule has 4 nitrogen and oxygen atoms in total. The Labute approximate surface area is 124 Å². The van der Waals surface area contributed by atoms with Crippen LogP contribution in [0.15, 0.2) is 30.7 Å². The molecule has 0 N–H and O–H groups in total. The van der Waals surface area contributed by atoms with Crippen molar-refractivity contribution < 1.29 is 9.18 Å². The summed E-state index contributed by atoms with van der Waals surface area (Å²) < 4.78 is 14.1. The topological polar surface area (TPSA) is 55.7 Å². The molecule has 0 aliphatic heterocycles. The van der Waals surface area contributed by atoms with Gasteiger partial charge in [0.05, 0.1) is 10.9 Å². The molecular formula is C15H12FN3OS. The number of aromatic nitrogens is 3. The molecule has 0 aromatic carbocycles. The first-order chi connectivity index (χ1) is 10.2. The zero-order valence-corrected chi connectivity index (χ0v) is 12.2. The standard InChI is InChI=1S/C15H12FN3OS/c1-2-12(20)3-9-4-13-14(18-6-9)19-15(21-13)10-5-11(16)8-17-7-10/h4-8H,2-3H2,1H3. The Hall–Kier alpha value is -2.21. The maximum Gasteiger partial charge on any atom is 0.170 e. The Bertz CT molecular complexity index is 816. The van der Waals surface area contributed by atoms with Gasteiger partial charge in [-0.1, -0.05) is 6.92 Å². The number of ketones is 1. The number of rotatable bonds is 4. The first kappa shape index (κ1) is 13.8. The highest BCUT2D eigenvalue weighted by molar-refractivity contribution is 7.21. The summed E-state index contributed by atoms with van der Waals surface area (Å²) in [4.78, 5) is 24.0. The molecule has 0 amide bonds. The summed E-state index contributed by atoms with van der Waals surface area (Å²) in [6.45, 7) is 1.84. The number of pyridine rings is 2. The zero-order chi connectivity index (χ0) is 14.8. The second kappa shape index (κ2) is 5.65. The SMILES string of the molecule is CCC(=O)Cc1cnc2nc(-c3cncc(F)c3)sc2c1. The van der Waals surface area contributed by atoms with E-state index < -0.39 is 5.82 Å². The number of carbonyl (C=O) groups is 1. The highest BCUT2D eigenvalue weighted by atomic mass is 32.1. The smallest absolute Gasteiger partial charge is 0.170 e. The van der Waals surface area contributed by atoms with Gasteiger partial charge in [-0.15, -0.1) is 11.3 Å². The number of nitrogens with zero attached hydrogens (tertiary/aromatic N) is 3. The van der Waals surface area contributed by atoms with Gasteiger partial charge in [-0.05, 0) is 17.7 Å². The van der Waals surface area contributed by atoms with Crippen LogP contribution < -0.4 is 0 Å². The Balaban J connectivity index is 1.98. The molecule has 0 atom stereocenters. The molecule has 21 heavy (non-hydrogen) atoms. The average molecular weight is 301 g/mol. The molecule has 0 saturated heterocycles. The van der Waals surface area contributed by atoms with Crippen molar-refractivity contribution in [2.75, 3.05) is 0 Å². The summed E-state index contributed by atoms with van der Waals surface area (Å²) in [5.41, 5.74) is 2.11. The minimum atomic E-state index is -0.394. The van der Waals surface area contributed by atoms with Crippen LogP contribution in [0.1, 0.15) is 18.9 Å².